The lowest BCUT2D eigenvalue weighted by atomic mass is 9.84. The number of hydrogen-bond donors (Lipinski definition) is 3. The molecule has 2 amide bonds. The Kier molecular flexibility index (Phi) is 2.63. The van der Waals surface area contributed by atoms with Crippen LogP contribution in [0.15, 0.2) is 0 Å². The van der Waals surface area contributed by atoms with Crippen LogP contribution in [0.4, 0.5) is 0 Å². The minimum absolute atomic E-state index is 0.116. The molecule has 2 fully saturated rings. The van der Waals surface area contributed by atoms with E-state index in [2.05, 4.69) is 5.32 Å². The van der Waals surface area contributed by atoms with E-state index in [1.807, 2.05) is 0 Å². The Hall–Kier alpha value is -1.14. The van der Waals surface area contributed by atoms with Crippen molar-refractivity contribution in [3.05, 3.63) is 0 Å². The van der Waals surface area contributed by atoms with Gasteiger partial charge in [0.2, 0.25) is 11.8 Å². The maximum absolute atomic E-state index is 12.0. The van der Waals surface area contributed by atoms with Crippen molar-refractivity contribution in [2.75, 3.05) is 13.1 Å². The second-order valence-electron chi connectivity index (χ2n) is 4.63. The molecule has 16 heavy (non-hydrogen) atoms. The first-order valence-corrected chi connectivity index (χ1v) is 5.51. The third kappa shape index (κ3) is 1.49. The summed E-state index contributed by atoms with van der Waals surface area (Å²) in [6.07, 6.45) is 0.837. The molecule has 2 saturated heterocycles. The van der Waals surface area contributed by atoms with Crippen LogP contribution in [0, 0.1) is 0 Å². The van der Waals surface area contributed by atoms with Crippen molar-refractivity contribution in [3.63, 3.8) is 0 Å². The predicted octanol–water partition coefficient (Wildman–Crippen LogP) is -1.81. The second kappa shape index (κ2) is 3.71. The molecule has 0 aromatic carbocycles. The topological polar surface area (TPSA) is 95.7 Å². The number of rotatable bonds is 3. The minimum atomic E-state index is -0.930. The van der Waals surface area contributed by atoms with Gasteiger partial charge in [0.15, 0.2) is 0 Å². The number of nitrogens with zero attached hydrogens (tertiary/aromatic N) is 1. The fourth-order valence-electron chi connectivity index (χ4n) is 2.61. The molecule has 2 rings (SSSR count). The molecule has 0 radical (unpaired) electrons. The zero-order valence-corrected chi connectivity index (χ0v) is 9.27. The summed E-state index contributed by atoms with van der Waals surface area (Å²) < 4.78 is 0. The van der Waals surface area contributed by atoms with E-state index >= 15 is 0 Å². The highest BCUT2D eigenvalue weighted by atomic mass is 16.3. The van der Waals surface area contributed by atoms with Gasteiger partial charge in [0.05, 0.1) is 6.10 Å². The number of carbonyl (C=O) groups is 2. The molecule has 6 heteroatoms. The molecule has 4 N–H and O–H groups in total. The summed E-state index contributed by atoms with van der Waals surface area (Å²) in [4.78, 5) is 24.5. The number of aliphatic hydroxyl groups excluding tert-OH is 1. The van der Waals surface area contributed by atoms with Gasteiger partial charge in [-0.2, -0.15) is 0 Å². The van der Waals surface area contributed by atoms with Crippen LogP contribution < -0.4 is 11.1 Å². The van der Waals surface area contributed by atoms with Crippen LogP contribution in [-0.2, 0) is 9.59 Å². The molecule has 2 aliphatic heterocycles. The van der Waals surface area contributed by atoms with Crippen LogP contribution >= 0.6 is 0 Å². The van der Waals surface area contributed by atoms with Gasteiger partial charge < -0.3 is 21.1 Å². The van der Waals surface area contributed by atoms with Crippen molar-refractivity contribution < 1.29 is 14.7 Å². The third-order valence-corrected chi connectivity index (χ3v) is 3.44. The van der Waals surface area contributed by atoms with Gasteiger partial charge >= 0.3 is 0 Å². The van der Waals surface area contributed by atoms with Gasteiger partial charge in [0.25, 0.3) is 0 Å². The number of carbonyl (C=O) groups excluding carboxylic acids is 2. The highest BCUT2D eigenvalue weighted by Gasteiger charge is 2.56. The van der Waals surface area contributed by atoms with E-state index in [1.54, 1.807) is 0 Å². The summed E-state index contributed by atoms with van der Waals surface area (Å²) in [5, 5.41) is 12.6. The number of primary amides is 1. The van der Waals surface area contributed by atoms with E-state index < -0.39 is 23.6 Å². The van der Waals surface area contributed by atoms with E-state index in [0.717, 1.165) is 19.4 Å². The lowest BCUT2D eigenvalue weighted by Crippen LogP contribution is -2.75. The average molecular weight is 227 g/mol. The van der Waals surface area contributed by atoms with Gasteiger partial charge in [-0.3, -0.25) is 9.59 Å². The third-order valence-electron chi connectivity index (χ3n) is 3.44. The minimum Gasteiger partial charge on any atom is -0.391 e. The number of aliphatic hydroxyl groups is 1. The normalized spacial score (nSPS) is 32.6. The number of nitrogens with one attached hydrogen (secondary N) is 1. The van der Waals surface area contributed by atoms with Gasteiger partial charge in [-0.1, -0.05) is 0 Å². The van der Waals surface area contributed by atoms with Gasteiger partial charge in [0, 0.05) is 6.54 Å². The zero-order chi connectivity index (χ0) is 11.9. The standard InChI is InChI=1S/C10H17N3O3/c1-6(14)7(8(11)15)13-5-10(9(13)16)3-2-4-12-10/h6-7,12,14H,2-5H2,1H3,(H2,11,15)/t6-,7+,10-/m1/s1. The Balaban J connectivity index is 2.08. The number of hydrogen-bond acceptors (Lipinski definition) is 4. The molecule has 0 bridgehead atoms. The van der Waals surface area contributed by atoms with Gasteiger partial charge in [-0.05, 0) is 26.3 Å². The summed E-state index contributed by atoms with van der Waals surface area (Å²) in [7, 11) is 0. The number of likely N-dealkylation sites (tertiary alicyclic amines) is 1. The smallest absolute Gasteiger partial charge is 0.245 e. The lowest BCUT2D eigenvalue weighted by Gasteiger charge is -2.50. The average Bonchev–Trinajstić information content (AvgIpc) is 2.67. The first kappa shape index (κ1) is 11.3. The predicted molar refractivity (Wildman–Crippen MR) is 56.3 cm³/mol. The molecule has 0 unspecified atom stereocenters. The van der Waals surface area contributed by atoms with Gasteiger partial charge in [-0.15, -0.1) is 0 Å². The SMILES string of the molecule is C[C@@H](O)[C@@H](C(N)=O)N1C[C@]2(CCCN2)C1=O. The lowest BCUT2D eigenvalue weighted by molar-refractivity contribution is -0.163. The van der Waals surface area contributed by atoms with Crippen LogP contribution in [-0.4, -0.2) is 52.6 Å². The maximum Gasteiger partial charge on any atom is 0.245 e. The molecule has 0 saturated carbocycles. The highest BCUT2D eigenvalue weighted by Crippen LogP contribution is 2.33. The van der Waals surface area contributed by atoms with E-state index in [1.165, 1.54) is 11.8 Å². The van der Waals surface area contributed by atoms with Crippen molar-refractivity contribution in [1.29, 1.82) is 0 Å². The summed E-state index contributed by atoms with van der Waals surface area (Å²) in [6.45, 7) is 2.76. The highest BCUT2D eigenvalue weighted by molar-refractivity contribution is 5.97. The fraction of sp³-hybridized carbons (Fsp3) is 0.800. The molecule has 0 aliphatic carbocycles. The van der Waals surface area contributed by atoms with Crippen molar-refractivity contribution >= 4 is 11.8 Å². The number of amides is 2. The molecular weight excluding hydrogens is 210 g/mol. The first-order valence-electron chi connectivity index (χ1n) is 5.51. The number of nitrogens with two attached hydrogens (primary N) is 1. The molecule has 6 nitrogen and oxygen atoms in total. The molecule has 90 valence electrons. The monoisotopic (exact) mass is 227 g/mol. The summed E-state index contributed by atoms with van der Waals surface area (Å²) >= 11 is 0. The summed E-state index contributed by atoms with van der Waals surface area (Å²) in [5.74, 6) is -0.772. The van der Waals surface area contributed by atoms with E-state index in [-0.39, 0.29) is 5.91 Å². The van der Waals surface area contributed by atoms with Crippen molar-refractivity contribution in [2.24, 2.45) is 5.73 Å². The molecule has 2 aliphatic rings. The van der Waals surface area contributed by atoms with Crippen LogP contribution in [0.5, 0.6) is 0 Å². The van der Waals surface area contributed by atoms with Gasteiger partial charge in [-0.25, -0.2) is 0 Å². The molecule has 0 aromatic rings. The van der Waals surface area contributed by atoms with E-state index in [9.17, 15) is 14.7 Å². The largest absolute Gasteiger partial charge is 0.391 e. The molecular formula is C10H17N3O3. The first-order chi connectivity index (χ1) is 7.48. The Bertz CT molecular complexity index is 323. The van der Waals surface area contributed by atoms with Crippen LogP contribution in [0.2, 0.25) is 0 Å². The summed E-state index contributed by atoms with van der Waals surface area (Å²) in [5.41, 5.74) is 4.70. The van der Waals surface area contributed by atoms with Gasteiger partial charge in [0.1, 0.15) is 11.6 Å². The Morgan fingerprint density at radius 2 is 2.38 bits per heavy atom. The maximum atomic E-state index is 12.0. The molecule has 3 atom stereocenters. The van der Waals surface area contributed by atoms with Crippen LogP contribution in [0.3, 0.4) is 0 Å². The Morgan fingerprint density at radius 3 is 2.75 bits per heavy atom. The summed E-state index contributed by atoms with van der Waals surface area (Å²) in [6, 6.07) is -0.902. The second-order valence-corrected chi connectivity index (χ2v) is 4.63. The molecule has 0 aromatic heterocycles. The number of β-lactam (4-membered cyclic amide) rings is 1. The van der Waals surface area contributed by atoms with Crippen molar-refractivity contribution in [3.8, 4) is 0 Å². The Morgan fingerprint density at radius 1 is 1.69 bits per heavy atom. The van der Waals surface area contributed by atoms with Crippen molar-refractivity contribution in [2.45, 2.75) is 37.5 Å². The van der Waals surface area contributed by atoms with E-state index in [4.69, 9.17) is 5.73 Å². The quantitative estimate of drug-likeness (QED) is 0.495. The zero-order valence-electron chi connectivity index (χ0n) is 9.27. The Labute approximate surface area is 93.8 Å². The van der Waals surface area contributed by atoms with E-state index in [0.29, 0.717) is 6.54 Å². The van der Waals surface area contributed by atoms with Crippen molar-refractivity contribution in [1.82, 2.24) is 10.2 Å². The molecule has 1 spiro atoms. The van der Waals surface area contributed by atoms with Crippen LogP contribution in [0.1, 0.15) is 19.8 Å². The van der Waals surface area contributed by atoms with Crippen LogP contribution in [0.25, 0.3) is 0 Å². The molecule has 2 heterocycles. The fourth-order valence-corrected chi connectivity index (χ4v) is 2.61.